The Morgan fingerprint density at radius 1 is 1.13 bits per heavy atom. The van der Waals surface area contributed by atoms with Crippen LogP contribution in [0.3, 0.4) is 0 Å². The van der Waals surface area contributed by atoms with Crippen molar-refractivity contribution < 1.29 is 19.2 Å². The molecular weight excluding hydrogens is 408 g/mol. The van der Waals surface area contributed by atoms with E-state index in [1.54, 1.807) is 19.2 Å². The minimum atomic E-state index is -0.561. The summed E-state index contributed by atoms with van der Waals surface area (Å²) in [5, 5.41) is 11.8. The van der Waals surface area contributed by atoms with Crippen molar-refractivity contribution >= 4 is 34.7 Å². The van der Waals surface area contributed by atoms with Gasteiger partial charge in [-0.1, -0.05) is 23.7 Å². The van der Waals surface area contributed by atoms with Gasteiger partial charge in [-0.2, -0.15) is 0 Å². The zero-order chi connectivity index (χ0) is 21.4. The predicted octanol–water partition coefficient (Wildman–Crippen LogP) is 4.78. The first-order valence-corrected chi connectivity index (χ1v) is 9.95. The van der Waals surface area contributed by atoms with Gasteiger partial charge < -0.3 is 4.74 Å². The molecule has 0 saturated carbocycles. The fraction of sp³-hybridized carbons (Fsp3) is 0.273. The minimum absolute atomic E-state index is 0.0221. The van der Waals surface area contributed by atoms with Crippen molar-refractivity contribution in [3.05, 3.63) is 74.4 Å². The van der Waals surface area contributed by atoms with Gasteiger partial charge in [0.1, 0.15) is 11.4 Å². The first kappa shape index (κ1) is 20.1. The van der Waals surface area contributed by atoms with Gasteiger partial charge in [-0.3, -0.25) is 24.6 Å². The molecule has 30 heavy (non-hydrogen) atoms. The summed E-state index contributed by atoms with van der Waals surface area (Å²) in [6, 6.07) is 11.5. The first-order valence-electron chi connectivity index (χ1n) is 9.57. The summed E-state index contributed by atoms with van der Waals surface area (Å²) in [6.07, 6.45) is 1.55. The molecule has 4 rings (SSSR count). The third-order valence-corrected chi connectivity index (χ3v) is 5.80. The number of anilines is 1. The van der Waals surface area contributed by atoms with Gasteiger partial charge in [0.15, 0.2) is 5.78 Å². The van der Waals surface area contributed by atoms with E-state index in [1.807, 2.05) is 12.1 Å². The Balaban J connectivity index is 1.87. The fourth-order valence-corrected chi connectivity index (χ4v) is 4.39. The summed E-state index contributed by atoms with van der Waals surface area (Å²) in [4.78, 5) is 38.5. The van der Waals surface area contributed by atoms with Gasteiger partial charge in [-0.05, 0) is 42.7 Å². The Morgan fingerprint density at radius 2 is 1.87 bits per heavy atom. The standard InChI is InChI=1S/C22H19ClN2O5/c1-30-15-8-5-13(6-9-15)16-12-21(27)24(18-3-2-4-20(26)22(16)18)17-10-7-14(23)11-19(17)25(28)29/h5-11,16H,2-4,12H2,1H3. The van der Waals surface area contributed by atoms with Crippen molar-refractivity contribution in [1.82, 2.24) is 0 Å². The van der Waals surface area contributed by atoms with Crippen LogP contribution in [-0.4, -0.2) is 23.7 Å². The van der Waals surface area contributed by atoms with Gasteiger partial charge in [0.2, 0.25) is 5.91 Å². The number of nitrogens with zero attached hydrogens (tertiary/aromatic N) is 2. The summed E-state index contributed by atoms with van der Waals surface area (Å²) < 4.78 is 5.20. The molecule has 0 bridgehead atoms. The molecule has 2 aliphatic rings. The van der Waals surface area contributed by atoms with Crippen molar-refractivity contribution in [1.29, 1.82) is 0 Å². The molecule has 2 aromatic carbocycles. The Morgan fingerprint density at radius 3 is 2.53 bits per heavy atom. The zero-order valence-electron chi connectivity index (χ0n) is 16.3. The maximum Gasteiger partial charge on any atom is 0.294 e. The molecule has 1 atom stereocenters. The average Bonchev–Trinajstić information content (AvgIpc) is 2.74. The number of Topliss-reactive ketones (excluding diaryl/α,β-unsaturated/α-hetero) is 1. The second-order valence-corrected chi connectivity index (χ2v) is 7.72. The van der Waals surface area contributed by atoms with Crippen molar-refractivity contribution in [2.45, 2.75) is 31.6 Å². The summed E-state index contributed by atoms with van der Waals surface area (Å²) in [7, 11) is 1.57. The molecule has 0 radical (unpaired) electrons. The van der Waals surface area contributed by atoms with Crippen molar-refractivity contribution in [2.75, 3.05) is 12.0 Å². The number of carbonyl (C=O) groups excluding carboxylic acids is 2. The molecule has 154 valence electrons. The van der Waals surface area contributed by atoms with E-state index in [1.165, 1.54) is 23.1 Å². The number of methoxy groups -OCH3 is 1. The summed E-state index contributed by atoms with van der Waals surface area (Å²) in [6.45, 7) is 0. The highest BCUT2D eigenvalue weighted by atomic mass is 35.5. The Hall–Kier alpha value is -3.19. The number of allylic oxidation sites excluding steroid dienone is 2. The van der Waals surface area contributed by atoms with Crippen LogP contribution in [-0.2, 0) is 9.59 Å². The third-order valence-electron chi connectivity index (χ3n) is 5.57. The molecule has 1 aliphatic heterocycles. The minimum Gasteiger partial charge on any atom is -0.497 e. The maximum atomic E-state index is 13.2. The van der Waals surface area contributed by atoms with Gasteiger partial charge in [0.25, 0.3) is 5.69 Å². The average molecular weight is 427 g/mol. The number of ketones is 1. The number of halogens is 1. The molecule has 0 spiro atoms. The molecule has 1 heterocycles. The van der Waals surface area contributed by atoms with Crippen LogP contribution in [0.25, 0.3) is 0 Å². The van der Waals surface area contributed by atoms with Crippen LogP contribution in [0.5, 0.6) is 5.75 Å². The SMILES string of the molecule is COc1ccc(C2CC(=O)N(c3ccc(Cl)cc3[N+](=O)[O-])C3=C2C(=O)CCC3)cc1. The Labute approximate surface area is 178 Å². The molecule has 1 amide bonds. The van der Waals surface area contributed by atoms with Crippen LogP contribution < -0.4 is 9.64 Å². The van der Waals surface area contributed by atoms with E-state index in [2.05, 4.69) is 0 Å². The number of hydrogen-bond donors (Lipinski definition) is 0. The molecule has 0 N–H and O–H groups in total. The third kappa shape index (κ3) is 3.45. The number of nitro benzene ring substituents is 1. The van der Waals surface area contributed by atoms with E-state index in [0.29, 0.717) is 36.3 Å². The van der Waals surface area contributed by atoms with Gasteiger partial charge in [-0.25, -0.2) is 0 Å². The van der Waals surface area contributed by atoms with Gasteiger partial charge in [0, 0.05) is 41.1 Å². The van der Waals surface area contributed by atoms with Crippen LogP contribution >= 0.6 is 11.6 Å². The zero-order valence-corrected chi connectivity index (χ0v) is 17.0. The van der Waals surface area contributed by atoms with Gasteiger partial charge >= 0.3 is 0 Å². The number of nitro groups is 1. The topological polar surface area (TPSA) is 89.8 Å². The molecule has 1 unspecified atom stereocenters. The summed E-state index contributed by atoms with van der Waals surface area (Å²) in [5.74, 6) is -0.00170. The van der Waals surface area contributed by atoms with Gasteiger partial charge in [0.05, 0.1) is 12.0 Å². The monoisotopic (exact) mass is 426 g/mol. The Bertz CT molecular complexity index is 1080. The first-order chi connectivity index (χ1) is 14.4. The van der Waals surface area contributed by atoms with E-state index >= 15 is 0 Å². The largest absolute Gasteiger partial charge is 0.497 e. The van der Waals surface area contributed by atoms with Crippen LogP contribution in [0, 0.1) is 10.1 Å². The van der Waals surface area contributed by atoms with E-state index in [9.17, 15) is 19.7 Å². The highest BCUT2D eigenvalue weighted by Gasteiger charge is 2.41. The lowest BCUT2D eigenvalue weighted by Crippen LogP contribution is -2.40. The molecular formula is C22H19ClN2O5. The molecule has 1 aliphatic carbocycles. The number of hydrogen-bond acceptors (Lipinski definition) is 5. The number of rotatable bonds is 4. The van der Waals surface area contributed by atoms with Crippen molar-refractivity contribution in [3.8, 4) is 5.75 Å². The molecule has 8 heteroatoms. The number of ether oxygens (including phenoxy) is 1. The highest BCUT2D eigenvalue weighted by Crippen LogP contribution is 2.45. The molecule has 0 aromatic heterocycles. The van der Waals surface area contributed by atoms with Gasteiger partial charge in [-0.15, -0.1) is 0 Å². The lowest BCUT2D eigenvalue weighted by Gasteiger charge is -2.38. The maximum absolute atomic E-state index is 13.2. The summed E-state index contributed by atoms with van der Waals surface area (Å²) in [5.41, 5.74) is 1.84. The van der Waals surface area contributed by atoms with E-state index in [-0.39, 0.29) is 40.4 Å². The smallest absolute Gasteiger partial charge is 0.294 e. The van der Waals surface area contributed by atoms with Crippen molar-refractivity contribution in [3.63, 3.8) is 0 Å². The van der Waals surface area contributed by atoms with Crippen LogP contribution in [0.15, 0.2) is 53.7 Å². The summed E-state index contributed by atoms with van der Waals surface area (Å²) >= 11 is 5.94. The molecule has 0 saturated heterocycles. The molecule has 2 aromatic rings. The van der Waals surface area contributed by atoms with E-state index < -0.39 is 4.92 Å². The van der Waals surface area contributed by atoms with E-state index in [0.717, 1.165) is 5.56 Å². The normalized spacial score (nSPS) is 19.0. The highest BCUT2D eigenvalue weighted by molar-refractivity contribution is 6.31. The quantitative estimate of drug-likeness (QED) is 0.518. The van der Waals surface area contributed by atoms with Crippen LogP contribution in [0.2, 0.25) is 5.02 Å². The number of carbonyl (C=O) groups is 2. The number of benzene rings is 2. The van der Waals surface area contributed by atoms with Crippen LogP contribution in [0.4, 0.5) is 11.4 Å². The lowest BCUT2D eigenvalue weighted by atomic mass is 9.77. The predicted molar refractivity (Wildman–Crippen MR) is 112 cm³/mol. The number of amides is 1. The van der Waals surface area contributed by atoms with E-state index in [4.69, 9.17) is 16.3 Å². The fourth-order valence-electron chi connectivity index (χ4n) is 4.23. The molecule has 0 fully saturated rings. The second-order valence-electron chi connectivity index (χ2n) is 7.29. The van der Waals surface area contributed by atoms with Crippen molar-refractivity contribution in [2.24, 2.45) is 0 Å². The molecule has 7 nitrogen and oxygen atoms in total. The van der Waals surface area contributed by atoms with Crippen LogP contribution in [0.1, 0.15) is 37.2 Å². The lowest BCUT2D eigenvalue weighted by molar-refractivity contribution is -0.384. The Kier molecular flexibility index (Phi) is 5.30. The second kappa shape index (κ2) is 7.91.